The number of alkyl halides is 3. The van der Waals surface area contributed by atoms with Crippen molar-refractivity contribution in [3.8, 4) is 22.6 Å². The topological polar surface area (TPSA) is 112 Å². The summed E-state index contributed by atoms with van der Waals surface area (Å²) in [7, 11) is 0. The zero-order valence-electron chi connectivity index (χ0n) is 19.0. The Bertz CT molecular complexity index is 1970. The van der Waals surface area contributed by atoms with Crippen LogP contribution in [0, 0.1) is 0 Å². The Kier molecular flexibility index (Phi) is 5.16. The van der Waals surface area contributed by atoms with Crippen molar-refractivity contribution in [3.05, 3.63) is 88.6 Å². The second kappa shape index (κ2) is 8.34. The van der Waals surface area contributed by atoms with Crippen molar-refractivity contribution < 1.29 is 22.8 Å². The van der Waals surface area contributed by atoms with Crippen LogP contribution in [-0.2, 0) is 11.0 Å². The van der Waals surface area contributed by atoms with E-state index in [1.54, 1.807) is 42.7 Å². The molecule has 0 atom stereocenters. The van der Waals surface area contributed by atoms with Crippen LogP contribution in [0.5, 0.6) is 0 Å². The zero-order valence-corrected chi connectivity index (χ0v) is 19.8. The van der Waals surface area contributed by atoms with Gasteiger partial charge in [-0.25, -0.2) is 14.2 Å². The number of nitrogens with zero attached hydrogens (tertiary/aromatic N) is 4. The van der Waals surface area contributed by atoms with Crippen LogP contribution in [0.1, 0.15) is 16.1 Å². The third kappa shape index (κ3) is 3.48. The fourth-order valence-electron chi connectivity index (χ4n) is 4.71. The van der Waals surface area contributed by atoms with Gasteiger partial charge < -0.3 is 10.7 Å². The lowest BCUT2D eigenvalue weighted by Crippen LogP contribution is -2.21. The first-order valence-electron chi connectivity index (χ1n) is 11.1. The highest BCUT2D eigenvalue weighted by molar-refractivity contribution is 6.32. The van der Waals surface area contributed by atoms with Crippen LogP contribution >= 0.6 is 11.6 Å². The number of carbonyl (C=O) groups excluding carboxylic acids is 2. The van der Waals surface area contributed by atoms with Crippen molar-refractivity contribution in [2.24, 2.45) is 5.73 Å². The van der Waals surface area contributed by atoms with E-state index in [4.69, 9.17) is 17.3 Å². The van der Waals surface area contributed by atoms with Crippen LogP contribution in [0.4, 0.5) is 13.2 Å². The van der Waals surface area contributed by atoms with Gasteiger partial charge in [0.05, 0.1) is 22.0 Å². The highest BCUT2D eigenvalue weighted by Crippen LogP contribution is 2.41. The maximum Gasteiger partial charge on any atom is 0.434 e. The molecule has 3 heterocycles. The smallest absolute Gasteiger partial charge is 0.365 e. The third-order valence-corrected chi connectivity index (χ3v) is 6.55. The van der Waals surface area contributed by atoms with Crippen molar-refractivity contribution in [2.45, 2.75) is 6.18 Å². The van der Waals surface area contributed by atoms with Gasteiger partial charge in [-0.2, -0.15) is 23.4 Å². The number of hydrogen-bond acceptors (Lipinski definition) is 4. The highest BCUT2D eigenvalue weighted by Gasteiger charge is 2.42. The van der Waals surface area contributed by atoms with Gasteiger partial charge >= 0.3 is 6.18 Å². The number of aromatic nitrogens is 5. The van der Waals surface area contributed by atoms with Gasteiger partial charge in [0.25, 0.3) is 5.91 Å². The van der Waals surface area contributed by atoms with Crippen LogP contribution in [0.3, 0.4) is 0 Å². The Hall–Kier alpha value is -4.86. The Balaban J connectivity index is 1.66. The number of aromatic amines is 1. The first-order valence-corrected chi connectivity index (χ1v) is 11.5. The summed E-state index contributed by atoms with van der Waals surface area (Å²) in [4.78, 5) is 26.8. The van der Waals surface area contributed by atoms with E-state index in [1.165, 1.54) is 28.9 Å². The molecule has 0 radical (unpaired) electrons. The highest BCUT2D eigenvalue weighted by atomic mass is 35.5. The molecule has 0 aliphatic carbocycles. The van der Waals surface area contributed by atoms with E-state index in [0.717, 1.165) is 0 Å². The maximum absolute atomic E-state index is 14.5. The summed E-state index contributed by atoms with van der Waals surface area (Å²) in [5.74, 6) is 0.507. The molecule has 3 N–H and O–H groups in total. The molecule has 0 aliphatic rings. The number of halogens is 4. The quantitative estimate of drug-likeness (QED) is 0.350. The number of H-pyrrole nitrogens is 1. The predicted octanol–water partition coefficient (Wildman–Crippen LogP) is 4.35. The minimum atomic E-state index is -5.00. The standard InChI is InChI=1S/C26H14ClF3N6O2/c27-16-11-13(5-7-20(16)35-10-2-9-32-35)23-22(25(31)38)24(26(28,29)30)36(34-23)19-8-6-17-21-14(18(12-37)33-17)3-1-4-15(19)21/h1-11,33H,(H2,31,38). The number of primary amides is 1. The Morgan fingerprint density at radius 3 is 2.47 bits per heavy atom. The number of nitrogens with two attached hydrogens (primary N) is 1. The molecule has 3 aromatic carbocycles. The SMILES string of the molecule is NC(=O)c1c(-c2ccc(-n3cccn3)c(Cl)c2)nn(-c2ccc3[nH]c(=C=O)c4cccc2c34)c1C(F)(F)F. The van der Waals surface area contributed by atoms with Gasteiger partial charge in [-0.15, -0.1) is 0 Å². The summed E-state index contributed by atoms with van der Waals surface area (Å²) in [5, 5.41) is 10.1. The van der Waals surface area contributed by atoms with Crippen LogP contribution in [0.25, 0.3) is 44.3 Å². The maximum atomic E-state index is 14.5. The van der Waals surface area contributed by atoms with Gasteiger partial charge in [0.2, 0.25) is 0 Å². The Labute approximate surface area is 215 Å². The van der Waals surface area contributed by atoms with Crippen molar-refractivity contribution in [1.82, 2.24) is 24.5 Å². The second-order valence-electron chi connectivity index (χ2n) is 8.43. The van der Waals surface area contributed by atoms with E-state index >= 15 is 0 Å². The molecule has 38 heavy (non-hydrogen) atoms. The van der Waals surface area contributed by atoms with E-state index < -0.39 is 23.3 Å². The molecule has 0 spiro atoms. The molecule has 3 aromatic heterocycles. The molecular formula is C26H14ClF3N6O2. The predicted molar refractivity (Wildman–Crippen MR) is 134 cm³/mol. The average molecular weight is 535 g/mol. The van der Waals surface area contributed by atoms with Gasteiger partial charge in [0, 0.05) is 39.6 Å². The number of benzene rings is 3. The van der Waals surface area contributed by atoms with Gasteiger partial charge in [-0.1, -0.05) is 35.9 Å². The van der Waals surface area contributed by atoms with E-state index in [2.05, 4.69) is 15.2 Å². The van der Waals surface area contributed by atoms with Crippen molar-refractivity contribution in [3.63, 3.8) is 0 Å². The van der Waals surface area contributed by atoms with E-state index in [0.29, 0.717) is 32.0 Å². The minimum absolute atomic E-state index is 0.0416. The summed E-state index contributed by atoms with van der Waals surface area (Å²) in [6.45, 7) is 0. The molecule has 0 aliphatic heterocycles. The summed E-state index contributed by atoms with van der Waals surface area (Å²) in [6, 6.07) is 14.0. The molecule has 0 bridgehead atoms. The third-order valence-electron chi connectivity index (χ3n) is 6.25. The van der Waals surface area contributed by atoms with E-state index in [9.17, 15) is 22.8 Å². The summed E-state index contributed by atoms with van der Waals surface area (Å²) in [5.41, 5.74) is 4.30. The molecule has 6 aromatic rings. The van der Waals surface area contributed by atoms with Gasteiger partial charge in [-0.05, 0) is 30.3 Å². The molecule has 8 nitrogen and oxygen atoms in total. The second-order valence-corrected chi connectivity index (χ2v) is 8.83. The molecule has 0 fully saturated rings. The fourth-order valence-corrected chi connectivity index (χ4v) is 4.98. The van der Waals surface area contributed by atoms with Crippen LogP contribution in [-0.4, -0.2) is 36.4 Å². The summed E-state index contributed by atoms with van der Waals surface area (Å²) < 4.78 is 45.7. The fraction of sp³-hybridized carbons (Fsp3) is 0.0385. The minimum Gasteiger partial charge on any atom is -0.365 e. The molecule has 6 rings (SSSR count). The molecule has 1 amide bonds. The molecular weight excluding hydrogens is 521 g/mol. The number of amides is 1. The van der Waals surface area contributed by atoms with Crippen LogP contribution < -0.4 is 11.1 Å². The lowest BCUT2D eigenvalue weighted by molar-refractivity contribution is -0.143. The van der Waals surface area contributed by atoms with Crippen molar-refractivity contribution in [1.29, 1.82) is 0 Å². The number of nitrogens with one attached hydrogen (secondary N) is 1. The zero-order chi connectivity index (χ0) is 26.8. The van der Waals surface area contributed by atoms with E-state index in [-0.39, 0.29) is 27.3 Å². The number of rotatable bonds is 4. The summed E-state index contributed by atoms with van der Waals surface area (Å²) >= 11 is 6.43. The van der Waals surface area contributed by atoms with Crippen LogP contribution in [0.15, 0.2) is 67.0 Å². The van der Waals surface area contributed by atoms with E-state index in [1.807, 2.05) is 5.94 Å². The normalized spacial score (nSPS) is 11.9. The monoisotopic (exact) mass is 534 g/mol. The Morgan fingerprint density at radius 2 is 1.82 bits per heavy atom. The first-order chi connectivity index (χ1) is 18.2. The molecule has 0 unspecified atom stereocenters. The molecule has 0 saturated heterocycles. The van der Waals surface area contributed by atoms with Crippen molar-refractivity contribution in [2.75, 3.05) is 0 Å². The van der Waals surface area contributed by atoms with Crippen molar-refractivity contribution >= 4 is 45.1 Å². The summed E-state index contributed by atoms with van der Waals surface area (Å²) in [6.07, 6.45) is -1.79. The number of carbonyl (C=O) groups is 1. The van der Waals surface area contributed by atoms with Gasteiger partial charge in [-0.3, -0.25) is 4.79 Å². The first kappa shape index (κ1) is 23.5. The molecule has 188 valence electrons. The molecule has 0 saturated carbocycles. The van der Waals surface area contributed by atoms with Gasteiger partial charge in [0.15, 0.2) is 11.6 Å². The van der Waals surface area contributed by atoms with Gasteiger partial charge in [0.1, 0.15) is 11.0 Å². The lowest BCUT2D eigenvalue weighted by Gasteiger charge is -2.13. The molecule has 12 heteroatoms. The lowest BCUT2D eigenvalue weighted by atomic mass is 10.0. The largest absolute Gasteiger partial charge is 0.434 e. The van der Waals surface area contributed by atoms with Crippen LogP contribution in [0.2, 0.25) is 5.02 Å². The number of hydrogen-bond donors (Lipinski definition) is 2. The Morgan fingerprint density at radius 1 is 1.05 bits per heavy atom. The average Bonchev–Trinajstić information content (AvgIpc) is 3.62.